The number of rotatable bonds is 8. The van der Waals surface area contributed by atoms with Crippen molar-refractivity contribution >= 4 is 12.0 Å². The number of aliphatic hydroxyl groups is 1. The summed E-state index contributed by atoms with van der Waals surface area (Å²) in [7, 11) is 0. The third-order valence-electron chi connectivity index (χ3n) is 6.29. The molecule has 0 aromatic heterocycles. The van der Waals surface area contributed by atoms with Gasteiger partial charge in [0.05, 0.1) is 0 Å². The first-order valence-electron chi connectivity index (χ1n) is 11.2. The highest BCUT2D eigenvalue weighted by Crippen LogP contribution is 2.39. The number of carbonyl (C=O) groups excluding carboxylic acids is 2. The number of ether oxygens (including phenoxy) is 1. The van der Waals surface area contributed by atoms with Gasteiger partial charge in [-0.05, 0) is 59.4 Å². The Morgan fingerprint density at radius 3 is 2.41 bits per heavy atom. The molecule has 7 heteroatoms. The maximum Gasteiger partial charge on any atom is 0.410 e. The summed E-state index contributed by atoms with van der Waals surface area (Å²) in [4.78, 5) is 26.1. The lowest BCUT2D eigenvalue weighted by molar-refractivity contribution is -0.0625. The van der Waals surface area contributed by atoms with Gasteiger partial charge in [0.2, 0.25) is 5.91 Å². The van der Waals surface area contributed by atoms with Gasteiger partial charge in [-0.2, -0.15) is 0 Å². The summed E-state index contributed by atoms with van der Waals surface area (Å²) in [5.41, 5.74) is 8.41. The minimum absolute atomic E-state index is 0.0217. The Kier molecular flexibility index (Phi) is 6.93. The first-order chi connectivity index (χ1) is 16.4. The Hall–Kier alpha value is -3.71. The molecule has 0 saturated carbocycles. The molecule has 176 valence electrons. The minimum atomic E-state index is -0.895. The molecule has 3 aromatic rings. The summed E-state index contributed by atoms with van der Waals surface area (Å²) in [6.45, 7) is 0.786. The number of hydrogen-bond acceptors (Lipinski definition) is 4. The van der Waals surface area contributed by atoms with E-state index in [0.717, 1.165) is 22.3 Å². The van der Waals surface area contributed by atoms with Gasteiger partial charge in [0.25, 0.3) is 0 Å². The number of benzene rings is 3. The van der Waals surface area contributed by atoms with E-state index in [9.17, 15) is 19.1 Å². The van der Waals surface area contributed by atoms with Crippen LogP contribution < -0.4 is 5.73 Å². The zero-order valence-electron chi connectivity index (χ0n) is 18.7. The Balaban J connectivity index is 1.55. The van der Waals surface area contributed by atoms with Crippen LogP contribution in [0, 0.1) is 5.82 Å². The fourth-order valence-electron chi connectivity index (χ4n) is 4.43. The molecule has 2 amide bonds. The van der Waals surface area contributed by atoms with Crippen LogP contribution >= 0.6 is 0 Å². The zero-order chi connectivity index (χ0) is 24.1. The van der Waals surface area contributed by atoms with E-state index in [1.165, 1.54) is 12.1 Å². The number of cyclic esters (lactones) is 1. The molecule has 1 aliphatic rings. The van der Waals surface area contributed by atoms with E-state index in [-0.39, 0.29) is 12.4 Å². The van der Waals surface area contributed by atoms with Gasteiger partial charge < -0.3 is 20.5 Å². The van der Waals surface area contributed by atoms with Crippen molar-refractivity contribution in [3.05, 3.63) is 95.3 Å². The Bertz CT molecular complexity index is 1160. The van der Waals surface area contributed by atoms with Crippen LogP contribution in [0.5, 0.6) is 0 Å². The molecule has 3 aromatic carbocycles. The van der Waals surface area contributed by atoms with E-state index in [1.807, 2.05) is 36.4 Å². The molecule has 34 heavy (non-hydrogen) atoms. The standard InChI is InChI=1S/C27H27FN2O4/c28-23-12-10-22(11-13-23)27(14-3-17-31)15-16-30(26(33)34-27)18-21-4-1-2-5-24(21)19-6-8-20(9-7-19)25(29)32/h1-2,4-13,31H,3,14-18H2,(H2,29,32). The summed E-state index contributed by atoms with van der Waals surface area (Å²) in [6, 6.07) is 20.8. The number of hydrogen-bond donors (Lipinski definition) is 2. The summed E-state index contributed by atoms with van der Waals surface area (Å²) < 4.78 is 19.4. The average molecular weight is 463 g/mol. The van der Waals surface area contributed by atoms with E-state index in [2.05, 4.69) is 0 Å². The Morgan fingerprint density at radius 1 is 1.06 bits per heavy atom. The molecule has 1 aliphatic heterocycles. The third-order valence-corrected chi connectivity index (χ3v) is 6.29. The van der Waals surface area contributed by atoms with Gasteiger partial charge in [-0.3, -0.25) is 4.79 Å². The molecule has 4 rings (SSSR count). The largest absolute Gasteiger partial charge is 0.438 e. The molecule has 0 radical (unpaired) electrons. The number of carbonyl (C=O) groups is 2. The molecule has 1 atom stereocenters. The van der Waals surface area contributed by atoms with Gasteiger partial charge in [-0.25, -0.2) is 9.18 Å². The molecule has 0 spiro atoms. The normalized spacial score (nSPS) is 17.9. The SMILES string of the molecule is NC(=O)c1ccc(-c2ccccc2CN2CCC(CCCO)(c3ccc(F)cc3)OC2=O)cc1. The first-order valence-corrected chi connectivity index (χ1v) is 11.2. The molecule has 0 aliphatic carbocycles. The quantitative estimate of drug-likeness (QED) is 0.512. The third kappa shape index (κ3) is 4.94. The maximum absolute atomic E-state index is 13.5. The molecule has 3 N–H and O–H groups in total. The van der Waals surface area contributed by atoms with Crippen LogP contribution in [0.4, 0.5) is 9.18 Å². The number of nitrogens with zero attached hydrogens (tertiary/aromatic N) is 1. The number of aliphatic hydroxyl groups excluding tert-OH is 1. The lowest BCUT2D eigenvalue weighted by Gasteiger charge is -2.42. The number of nitrogens with two attached hydrogens (primary N) is 1. The van der Waals surface area contributed by atoms with Crippen molar-refractivity contribution in [3.8, 4) is 11.1 Å². The van der Waals surface area contributed by atoms with Gasteiger partial charge in [-0.1, -0.05) is 48.5 Å². The second-order valence-electron chi connectivity index (χ2n) is 8.47. The average Bonchev–Trinajstić information content (AvgIpc) is 2.85. The van der Waals surface area contributed by atoms with Crippen LogP contribution in [0.15, 0.2) is 72.8 Å². The van der Waals surface area contributed by atoms with Crippen molar-refractivity contribution in [1.82, 2.24) is 4.90 Å². The first kappa shape index (κ1) is 23.4. The van der Waals surface area contributed by atoms with Crippen LogP contribution in [0.25, 0.3) is 11.1 Å². The molecular weight excluding hydrogens is 435 g/mol. The van der Waals surface area contributed by atoms with Crippen molar-refractivity contribution in [3.63, 3.8) is 0 Å². The predicted molar refractivity (Wildman–Crippen MR) is 126 cm³/mol. The van der Waals surface area contributed by atoms with Gasteiger partial charge in [0.15, 0.2) is 0 Å². The Labute approximate surface area is 197 Å². The van der Waals surface area contributed by atoms with E-state index in [4.69, 9.17) is 10.5 Å². The van der Waals surface area contributed by atoms with Crippen molar-refractivity contribution in [1.29, 1.82) is 0 Å². The molecule has 1 saturated heterocycles. The van der Waals surface area contributed by atoms with Crippen LogP contribution in [0.1, 0.15) is 40.7 Å². The minimum Gasteiger partial charge on any atom is -0.438 e. The molecular formula is C27H27FN2O4. The summed E-state index contributed by atoms with van der Waals surface area (Å²) in [5.74, 6) is -0.841. The van der Waals surface area contributed by atoms with Gasteiger partial charge in [0.1, 0.15) is 11.4 Å². The van der Waals surface area contributed by atoms with Crippen LogP contribution in [0.2, 0.25) is 0 Å². The van der Waals surface area contributed by atoms with Crippen molar-refractivity contribution in [2.45, 2.75) is 31.4 Å². The smallest absolute Gasteiger partial charge is 0.410 e. The van der Waals surface area contributed by atoms with E-state index >= 15 is 0 Å². The van der Waals surface area contributed by atoms with Crippen molar-refractivity contribution in [2.24, 2.45) is 5.73 Å². The van der Waals surface area contributed by atoms with Gasteiger partial charge in [-0.15, -0.1) is 0 Å². The van der Waals surface area contributed by atoms with Crippen LogP contribution in [0.3, 0.4) is 0 Å². The summed E-state index contributed by atoms with van der Waals surface area (Å²) in [5, 5.41) is 9.36. The second kappa shape index (κ2) is 10.1. The van der Waals surface area contributed by atoms with Crippen molar-refractivity contribution in [2.75, 3.05) is 13.2 Å². The highest BCUT2D eigenvalue weighted by Gasteiger charge is 2.41. The summed E-state index contributed by atoms with van der Waals surface area (Å²) >= 11 is 0. The van der Waals surface area contributed by atoms with Gasteiger partial charge >= 0.3 is 6.09 Å². The van der Waals surface area contributed by atoms with E-state index < -0.39 is 17.6 Å². The van der Waals surface area contributed by atoms with Gasteiger partial charge in [0, 0.05) is 31.7 Å². The van der Waals surface area contributed by atoms with Crippen LogP contribution in [-0.4, -0.2) is 35.2 Å². The van der Waals surface area contributed by atoms with E-state index in [1.54, 1.807) is 29.2 Å². The lowest BCUT2D eigenvalue weighted by atomic mass is 9.84. The predicted octanol–water partition coefficient (Wildman–Crippen LogP) is 4.60. The second-order valence-corrected chi connectivity index (χ2v) is 8.47. The molecule has 0 bridgehead atoms. The van der Waals surface area contributed by atoms with Crippen molar-refractivity contribution < 1.29 is 23.8 Å². The lowest BCUT2D eigenvalue weighted by Crippen LogP contribution is -2.47. The fraction of sp³-hybridized carbons (Fsp3) is 0.259. The Morgan fingerprint density at radius 2 is 1.76 bits per heavy atom. The van der Waals surface area contributed by atoms with E-state index in [0.29, 0.717) is 37.9 Å². The number of amides is 2. The highest BCUT2D eigenvalue weighted by atomic mass is 19.1. The van der Waals surface area contributed by atoms with Crippen LogP contribution in [-0.2, 0) is 16.9 Å². The highest BCUT2D eigenvalue weighted by molar-refractivity contribution is 5.93. The topological polar surface area (TPSA) is 92.9 Å². The number of primary amides is 1. The fourth-order valence-corrected chi connectivity index (χ4v) is 4.43. The number of halogens is 1. The zero-order valence-corrected chi connectivity index (χ0v) is 18.7. The molecule has 1 unspecified atom stereocenters. The summed E-state index contributed by atoms with van der Waals surface area (Å²) in [6.07, 6.45) is 0.999. The molecule has 1 fully saturated rings. The molecule has 6 nitrogen and oxygen atoms in total. The monoisotopic (exact) mass is 462 g/mol. The maximum atomic E-state index is 13.5. The molecule has 1 heterocycles.